The van der Waals surface area contributed by atoms with Gasteiger partial charge in [-0.15, -0.1) is 0 Å². The largest absolute Gasteiger partial charge is 0.422 e. The second-order valence-electron chi connectivity index (χ2n) is 8.00. The quantitative estimate of drug-likeness (QED) is 0.496. The minimum absolute atomic E-state index is 0.125. The minimum atomic E-state index is -0.352. The Balaban J connectivity index is 1.85. The van der Waals surface area contributed by atoms with Crippen LogP contribution in [-0.4, -0.2) is 9.78 Å². The fraction of sp³-hybridized carbons (Fsp3) is 0.154. The molecule has 2 N–H and O–H groups in total. The van der Waals surface area contributed by atoms with Crippen molar-refractivity contribution in [2.24, 2.45) is 5.73 Å². The van der Waals surface area contributed by atoms with E-state index < -0.39 is 0 Å². The van der Waals surface area contributed by atoms with Crippen LogP contribution in [0.3, 0.4) is 0 Å². The summed E-state index contributed by atoms with van der Waals surface area (Å²) in [6, 6.07) is 26.5. The molecular formula is C26H22N4O. The third-order valence-electron chi connectivity index (χ3n) is 5.76. The van der Waals surface area contributed by atoms with E-state index in [0.29, 0.717) is 11.5 Å². The molecule has 0 spiro atoms. The van der Waals surface area contributed by atoms with Gasteiger partial charge >= 0.3 is 0 Å². The second-order valence-corrected chi connectivity index (χ2v) is 8.00. The predicted molar refractivity (Wildman–Crippen MR) is 121 cm³/mol. The number of hydrogen-bond acceptors (Lipinski definition) is 4. The maximum Gasteiger partial charge on any atom is 0.229 e. The Bertz CT molecular complexity index is 1350. The van der Waals surface area contributed by atoms with Gasteiger partial charge in [-0.3, -0.25) is 0 Å². The van der Waals surface area contributed by atoms with Crippen LogP contribution >= 0.6 is 0 Å². The Morgan fingerprint density at radius 3 is 2.45 bits per heavy atom. The average molecular weight is 406 g/mol. The average Bonchev–Trinajstić information content (AvgIpc) is 3.17. The van der Waals surface area contributed by atoms with Crippen molar-refractivity contribution in [2.45, 2.75) is 25.7 Å². The van der Waals surface area contributed by atoms with Crippen LogP contribution < -0.4 is 10.5 Å². The number of ether oxygens (including phenoxy) is 1. The van der Waals surface area contributed by atoms with Crippen molar-refractivity contribution in [2.75, 3.05) is 0 Å². The van der Waals surface area contributed by atoms with Crippen LogP contribution in [0.4, 0.5) is 0 Å². The molecule has 3 aromatic carbocycles. The maximum atomic E-state index is 10.0. The molecule has 5 nitrogen and oxygen atoms in total. The van der Waals surface area contributed by atoms with Crippen molar-refractivity contribution >= 4 is 10.8 Å². The molecule has 1 aromatic heterocycles. The molecule has 0 bridgehead atoms. The zero-order valence-electron chi connectivity index (χ0n) is 17.4. The van der Waals surface area contributed by atoms with Crippen molar-refractivity contribution in [3.8, 4) is 17.6 Å². The summed E-state index contributed by atoms with van der Waals surface area (Å²) < 4.78 is 7.85. The summed E-state index contributed by atoms with van der Waals surface area (Å²) in [6.07, 6.45) is 0. The number of para-hydroxylation sites is 1. The van der Waals surface area contributed by atoms with E-state index in [1.165, 1.54) is 0 Å². The van der Waals surface area contributed by atoms with Crippen LogP contribution in [0.5, 0.6) is 5.88 Å². The van der Waals surface area contributed by atoms with E-state index in [2.05, 4.69) is 44.2 Å². The Morgan fingerprint density at radius 2 is 1.71 bits per heavy atom. The van der Waals surface area contributed by atoms with E-state index in [4.69, 9.17) is 15.6 Å². The first-order valence-electron chi connectivity index (χ1n) is 10.3. The van der Waals surface area contributed by atoms with Crippen LogP contribution in [0.15, 0.2) is 84.3 Å². The van der Waals surface area contributed by atoms with E-state index in [1.807, 2.05) is 48.5 Å². The molecule has 4 aromatic rings. The molecule has 31 heavy (non-hydrogen) atoms. The highest BCUT2D eigenvalue weighted by Gasteiger charge is 2.38. The molecular weight excluding hydrogens is 384 g/mol. The highest BCUT2D eigenvalue weighted by Crippen LogP contribution is 2.47. The molecule has 152 valence electrons. The summed E-state index contributed by atoms with van der Waals surface area (Å²) in [5.74, 6) is 0.485. The van der Waals surface area contributed by atoms with E-state index >= 15 is 0 Å². The van der Waals surface area contributed by atoms with Crippen molar-refractivity contribution in [3.05, 3.63) is 101 Å². The minimum Gasteiger partial charge on any atom is -0.422 e. The van der Waals surface area contributed by atoms with E-state index in [9.17, 15) is 5.26 Å². The van der Waals surface area contributed by atoms with Gasteiger partial charge in [-0.05, 0) is 34.4 Å². The smallest absolute Gasteiger partial charge is 0.229 e. The lowest BCUT2D eigenvalue weighted by atomic mass is 9.80. The number of aromatic nitrogens is 2. The van der Waals surface area contributed by atoms with Crippen molar-refractivity contribution < 1.29 is 4.74 Å². The summed E-state index contributed by atoms with van der Waals surface area (Å²) in [6.45, 7) is 4.21. The van der Waals surface area contributed by atoms with Gasteiger partial charge in [0.15, 0.2) is 0 Å². The van der Waals surface area contributed by atoms with Crippen LogP contribution in [0.2, 0.25) is 0 Å². The van der Waals surface area contributed by atoms with Crippen LogP contribution in [0, 0.1) is 11.3 Å². The predicted octanol–water partition coefficient (Wildman–Crippen LogP) is 5.37. The van der Waals surface area contributed by atoms with E-state index in [1.54, 1.807) is 4.68 Å². The monoisotopic (exact) mass is 406 g/mol. The lowest BCUT2D eigenvalue weighted by Crippen LogP contribution is -2.22. The molecule has 5 rings (SSSR count). The van der Waals surface area contributed by atoms with Gasteiger partial charge in [-0.25, -0.2) is 4.68 Å². The Labute approximate surface area is 181 Å². The highest BCUT2D eigenvalue weighted by molar-refractivity contribution is 5.87. The Morgan fingerprint density at radius 1 is 1.00 bits per heavy atom. The van der Waals surface area contributed by atoms with Gasteiger partial charge in [0.05, 0.1) is 22.9 Å². The van der Waals surface area contributed by atoms with E-state index in [-0.39, 0.29) is 17.7 Å². The Kier molecular flexibility index (Phi) is 4.48. The third kappa shape index (κ3) is 2.96. The molecule has 2 heterocycles. The molecule has 0 aliphatic carbocycles. The summed E-state index contributed by atoms with van der Waals surface area (Å²) >= 11 is 0. The zero-order chi connectivity index (χ0) is 21.5. The van der Waals surface area contributed by atoms with Gasteiger partial charge in [0.2, 0.25) is 11.8 Å². The van der Waals surface area contributed by atoms with Crippen LogP contribution in [0.1, 0.15) is 42.5 Å². The van der Waals surface area contributed by atoms with Crippen LogP contribution in [0.25, 0.3) is 16.5 Å². The fourth-order valence-electron chi connectivity index (χ4n) is 4.35. The molecule has 1 atom stereocenters. The lowest BCUT2D eigenvalue weighted by molar-refractivity contribution is 0.367. The van der Waals surface area contributed by atoms with Gasteiger partial charge in [0, 0.05) is 0 Å². The van der Waals surface area contributed by atoms with Gasteiger partial charge in [0.25, 0.3) is 0 Å². The maximum absolute atomic E-state index is 10.0. The van der Waals surface area contributed by atoms with Crippen molar-refractivity contribution in [1.29, 1.82) is 5.26 Å². The topological polar surface area (TPSA) is 76.9 Å². The van der Waals surface area contributed by atoms with Gasteiger partial charge in [0.1, 0.15) is 11.6 Å². The first-order valence-corrected chi connectivity index (χ1v) is 10.3. The molecule has 0 radical (unpaired) electrons. The number of nitrogens with two attached hydrogens (primary N) is 1. The third-order valence-corrected chi connectivity index (χ3v) is 5.76. The number of fused-ring (bicyclic) bond motifs is 2. The van der Waals surface area contributed by atoms with Crippen molar-refractivity contribution in [1.82, 2.24) is 9.78 Å². The first-order chi connectivity index (χ1) is 15.1. The molecule has 0 saturated carbocycles. The number of allylic oxidation sites excluding steroid dienone is 1. The Hall–Kier alpha value is -4.04. The summed E-state index contributed by atoms with van der Waals surface area (Å²) in [5.41, 5.74) is 10.4. The molecule has 0 amide bonds. The van der Waals surface area contributed by atoms with Gasteiger partial charge in [-0.2, -0.15) is 10.4 Å². The zero-order valence-corrected chi connectivity index (χ0v) is 17.4. The molecule has 0 fully saturated rings. The number of nitrogens with zero attached hydrogens (tertiary/aromatic N) is 3. The number of nitriles is 1. The normalized spacial score (nSPS) is 15.6. The highest BCUT2D eigenvalue weighted by atomic mass is 16.5. The fourth-order valence-corrected chi connectivity index (χ4v) is 4.35. The summed E-state index contributed by atoms with van der Waals surface area (Å²) in [7, 11) is 0. The van der Waals surface area contributed by atoms with Gasteiger partial charge < -0.3 is 10.5 Å². The summed E-state index contributed by atoms with van der Waals surface area (Å²) in [4.78, 5) is 0. The first kappa shape index (κ1) is 19.0. The number of benzene rings is 3. The number of hydrogen-bond donors (Lipinski definition) is 1. The molecule has 0 saturated heterocycles. The molecule has 1 aliphatic rings. The molecule has 5 heteroatoms. The summed E-state index contributed by atoms with van der Waals surface area (Å²) in [5, 5.41) is 17.2. The number of rotatable bonds is 3. The molecule has 1 unspecified atom stereocenters. The standard InChI is InChI=1S/C26H22N4O/c1-16(2)24-23-22(20-14-8-10-17-9-6-7-13-19(17)20)21(15-27)25(28)31-26(23)30(29-24)18-11-4-3-5-12-18/h3-14,16,22H,28H2,1-2H3. The molecule has 1 aliphatic heterocycles. The van der Waals surface area contributed by atoms with Gasteiger partial charge in [-0.1, -0.05) is 74.5 Å². The SMILES string of the molecule is CC(C)c1nn(-c2ccccc2)c2c1C(c1cccc3ccccc13)C(C#N)=C(N)O2. The lowest BCUT2D eigenvalue weighted by Gasteiger charge is -2.26. The van der Waals surface area contributed by atoms with E-state index in [0.717, 1.165) is 33.3 Å². The second kappa shape index (κ2) is 7.33. The van der Waals surface area contributed by atoms with Crippen molar-refractivity contribution in [3.63, 3.8) is 0 Å². The van der Waals surface area contributed by atoms with Crippen LogP contribution in [-0.2, 0) is 0 Å².